The third kappa shape index (κ3) is 12.8. The standard InChI is InChI=1S/C19H36N2S2/c1-2-3-4-5-6-7-8-9-10-11-12-13-14-15-16-22-18-17-21-19(20)23-18/h17H,2-16H2,1H3,(H2,20,21). The molecular formula is C19H36N2S2. The SMILES string of the molecule is CCCCCCCCCCCCCCCCSc1cnc(N)s1. The summed E-state index contributed by atoms with van der Waals surface area (Å²) in [5.41, 5.74) is 5.63. The highest BCUT2D eigenvalue weighted by molar-refractivity contribution is 8.01. The first-order valence-electron chi connectivity index (χ1n) is 9.67. The van der Waals surface area contributed by atoms with Gasteiger partial charge < -0.3 is 5.73 Å². The van der Waals surface area contributed by atoms with Gasteiger partial charge in [-0.2, -0.15) is 0 Å². The first-order valence-corrected chi connectivity index (χ1v) is 11.5. The van der Waals surface area contributed by atoms with E-state index in [1.165, 1.54) is 99.9 Å². The van der Waals surface area contributed by atoms with Gasteiger partial charge in [0.1, 0.15) is 0 Å². The van der Waals surface area contributed by atoms with Gasteiger partial charge in [-0.05, 0) is 12.2 Å². The molecule has 0 bridgehead atoms. The number of hydrogen-bond donors (Lipinski definition) is 1. The van der Waals surface area contributed by atoms with Gasteiger partial charge in [-0.25, -0.2) is 4.98 Å². The fraction of sp³-hybridized carbons (Fsp3) is 0.842. The molecule has 2 nitrogen and oxygen atoms in total. The van der Waals surface area contributed by atoms with Crippen LogP contribution in [0.1, 0.15) is 96.8 Å². The van der Waals surface area contributed by atoms with Gasteiger partial charge in [0, 0.05) is 0 Å². The number of thioether (sulfide) groups is 1. The lowest BCUT2D eigenvalue weighted by Crippen LogP contribution is -1.84. The summed E-state index contributed by atoms with van der Waals surface area (Å²) >= 11 is 3.51. The quantitative estimate of drug-likeness (QED) is 0.249. The van der Waals surface area contributed by atoms with E-state index in [0.29, 0.717) is 5.13 Å². The molecule has 1 heterocycles. The third-order valence-corrected chi connectivity index (χ3v) is 6.35. The Kier molecular flexibility index (Phi) is 13.9. The number of nitrogens with zero attached hydrogens (tertiary/aromatic N) is 1. The highest BCUT2D eigenvalue weighted by Gasteiger charge is 1.99. The summed E-state index contributed by atoms with van der Waals surface area (Å²) in [5.74, 6) is 1.21. The van der Waals surface area contributed by atoms with Crippen molar-refractivity contribution >= 4 is 28.2 Å². The molecule has 0 aromatic carbocycles. The summed E-state index contributed by atoms with van der Waals surface area (Å²) < 4.78 is 1.26. The molecule has 1 aromatic rings. The summed E-state index contributed by atoms with van der Waals surface area (Å²) in [5, 5.41) is 0.688. The lowest BCUT2D eigenvalue weighted by Gasteiger charge is -2.03. The van der Waals surface area contributed by atoms with Gasteiger partial charge >= 0.3 is 0 Å². The van der Waals surface area contributed by atoms with Crippen LogP contribution in [0.25, 0.3) is 0 Å². The third-order valence-electron chi connectivity index (χ3n) is 4.24. The number of aromatic nitrogens is 1. The molecule has 0 aliphatic heterocycles. The van der Waals surface area contributed by atoms with Gasteiger partial charge in [0.25, 0.3) is 0 Å². The zero-order valence-electron chi connectivity index (χ0n) is 15.0. The molecule has 0 fully saturated rings. The average molecular weight is 357 g/mol. The maximum Gasteiger partial charge on any atom is 0.181 e. The first-order chi connectivity index (χ1) is 11.3. The number of nitrogens with two attached hydrogens (primary N) is 1. The minimum Gasteiger partial charge on any atom is -0.375 e. The van der Waals surface area contributed by atoms with E-state index in [9.17, 15) is 0 Å². The molecule has 23 heavy (non-hydrogen) atoms. The fourth-order valence-electron chi connectivity index (χ4n) is 2.81. The van der Waals surface area contributed by atoms with Crippen molar-refractivity contribution in [3.8, 4) is 0 Å². The predicted octanol–water partition coefficient (Wildman–Crippen LogP) is 7.30. The molecular weight excluding hydrogens is 320 g/mol. The number of hydrogen-bond acceptors (Lipinski definition) is 4. The van der Waals surface area contributed by atoms with Gasteiger partial charge in [-0.15, -0.1) is 11.8 Å². The molecule has 0 saturated heterocycles. The second kappa shape index (κ2) is 15.3. The molecule has 4 heteroatoms. The Balaban J connectivity index is 1.71. The van der Waals surface area contributed by atoms with Crippen LogP contribution in [0.4, 0.5) is 5.13 Å². The summed E-state index contributed by atoms with van der Waals surface area (Å²) in [4.78, 5) is 4.08. The molecule has 1 rings (SSSR count). The largest absolute Gasteiger partial charge is 0.375 e. The van der Waals surface area contributed by atoms with Crippen LogP contribution >= 0.6 is 23.1 Å². The van der Waals surface area contributed by atoms with Gasteiger partial charge in [0.05, 0.1) is 10.4 Å². The molecule has 0 aliphatic carbocycles. The van der Waals surface area contributed by atoms with Gasteiger partial charge in [0.15, 0.2) is 5.13 Å². The Bertz CT molecular complexity index is 366. The Labute approximate surface area is 152 Å². The second-order valence-electron chi connectivity index (χ2n) is 6.46. The molecule has 0 spiro atoms. The summed E-state index contributed by atoms with van der Waals surface area (Å²) in [6.07, 6.45) is 21.8. The van der Waals surface area contributed by atoms with Crippen LogP contribution < -0.4 is 5.73 Å². The lowest BCUT2D eigenvalue weighted by atomic mass is 10.0. The minimum absolute atomic E-state index is 0.688. The summed E-state index contributed by atoms with van der Waals surface area (Å²) in [7, 11) is 0. The Morgan fingerprint density at radius 1 is 0.826 bits per heavy atom. The van der Waals surface area contributed by atoms with Crippen molar-refractivity contribution in [1.82, 2.24) is 4.98 Å². The fourth-order valence-corrected chi connectivity index (χ4v) is 4.64. The van der Waals surface area contributed by atoms with E-state index in [4.69, 9.17) is 5.73 Å². The molecule has 0 atom stereocenters. The van der Waals surface area contributed by atoms with Crippen molar-refractivity contribution in [2.45, 2.75) is 101 Å². The minimum atomic E-state index is 0.688. The maximum absolute atomic E-state index is 5.63. The smallest absolute Gasteiger partial charge is 0.181 e. The monoisotopic (exact) mass is 356 g/mol. The van der Waals surface area contributed by atoms with Crippen molar-refractivity contribution in [2.24, 2.45) is 0 Å². The average Bonchev–Trinajstić information content (AvgIpc) is 2.96. The van der Waals surface area contributed by atoms with Gasteiger partial charge in [-0.1, -0.05) is 102 Å². The number of nitrogen functional groups attached to an aromatic ring is 1. The number of anilines is 1. The molecule has 0 unspecified atom stereocenters. The lowest BCUT2D eigenvalue weighted by molar-refractivity contribution is 0.538. The predicted molar refractivity (Wildman–Crippen MR) is 108 cm³/mol. The van der Waals surface area contributed by atoms with E-state index in [-0.39, 0.29) is 0 Å². The van der Waals surface area contributed by atoms with E-state index >= 15 is 0 Å². The van der Waals surface area contributed by atoms with E-state index in [1.807, 2.05) is 18.0 Å². The van der Waals surface area contributed by atoms with E-state index in [2.05, 4.69) is 11.9 Å². The second-order valence-corrected chi connectivity index (χ2v) is 8.92. The Morgan fingerprint density at radius 2 is 1.30 bits per heavy atom. The van der Waals surface area contributed by atoms with Gasteiger partial charge in [0.2, 0.25) is 0 Å². The topological polar surface area (TPSA) is 38.9 Å². The molecule has 2 N–H and O–H groups in total. The normalized spacial score (nSPS) is 11.2. The van der Waals surface area contributed by atoms with E-state index < -0.39 is 0 Å². The van der Waals surface area contributed by atoms with Crippen LogP contribution in [0.15, 0.2) is 10.4 Å². The summed E-state index contributed by atoms with van der Waals surface area (Å²) in [6.45, 7) is 2.29. The van der Waals surface area contributed by atoms with Crippen LogP contribution in [0.5, 0.6) is 0 Å². The van der Waals surface area contributed by atoms with E-state index in [1.54, 1.807) is 11.3 Å². The molecule has 0 amide bonds. The highest BCUT2D eigenvalue weighted by atomic mass is 32.2. The number of rotatable bonds is 16. The molecule has 0 saturated carbocycles. The highest BCUT2D eigenvalue weighted by Crippen LogP contribution is 2.27. The van der Waals surface area contributed by atoms with Crippen LogP contribution in [-0.2, 0) is 0 Å². The van der Waals surface area contributed by atoms with Crippen molar-refractivity contribution in [3.05, 3.63) is 6.20 Å². The van der Waals surface area contributed by atoms with Crippen molar-refractivity contribution in [3.63, 3.8) is 0 Å². The van der Waals surface area contributed by atoms with Crippen LogP contribution in [0.3, 0.4) is 0 Å². The molecule has 0 radical (unpaired) electrons. The Hall–Kier alpha value is -0.220. The van der Waals surface area contributed by atoms with Crippen LogP contribution in [0, 0.1) is 0 Å². The molecule has 1 aromatic heterocycles. The summed E-state index contributed by atoms with van der Waals surface area (Å²) in [6, 6.07) is 0. The Morgan fingerprint density at radius 3 is 1.74 bits per heavy atom. The van der Waals surface area contributed by atoms with Crippen molar-refractivity contribution in [1.29, 1.82) is 0 Å². The first kappa shape index (κ1) is 20.8. The molecule has 134 valence electrons. The van der Waals surface area contributed by atoms with E-state index in [0.717, 1.165) is 0 Å². The van der Waals surface area contributed by atoms with Crippen LogP contribution in [-0.4, -0.2) is 10.7 Å². The number of thiazole rings is 1. The van der Waals surface area contributed by atoms with Crippen molar-refractivity contribution in [2.75, 3.05) is 11.5 Å². The van der Waals surface area contributed by atoms with Crippen LogP contribution in [0.2, 0.25) is 0 Å². The zero-order chi connectivity index (χ0) is 16.6. The zero-order valence-corrected chi connectivity index (χ0v) is 16.7. The number of unbranched alkanes of at least 4 members (excludes halogenated alkanes) is 13. The van der Waals surface area contributed by atoms with Crippen molar-refractivity contribution < 1.29 is 0 Å². The maximum atomic E-state index is 5.63. The molecule has 0 aliphatic rings. The van der Waals surface area contributed by atoms with Gasteiger partial charge in [-0.3, -0.25) is 0 Å².